The first kappa shape index (κ1) is 54.6. The molecule has 8 aliphatic rings. The van der Waals surface area contributed by atoms with E-state index in [1.54, 1.807) is 0 Å². The van der Waals surface area contributed by atoms with E-state index in [-0.39, 0.29) is 18.3 Å². The summed E-state index contributed by atoms with van der Waals surface area (Å²) < 4.78 is 48.6. The Morgan fingerprint density at radius 2 is 1.06 bits per heavy atom. The summed E-state index contributed by atoms with van der Waals surface area (Å²) in [6.45, 7) is 0.158. The number of hydrogen-bond donors (Lipinski definition) is 15. The molecule has 7 fully saturated rings. The molecule has 24 heteroatoms. The van der Waals surface area contributed by atoms with E-state index in [9.17, 15) is 81.4 Å². The average molecular weight is 1010 g/mol. The Hall–Kier alpha value is -1.67. The molecule has 2 bridgehead atoms. The van der Waals surface area contributed by atoms with Crippen LogP contribution in [0.25, 0.3) is 0 Å². The van der Waals surface area contributed by atoms with E-state index in [4.69, 9.17) is 37.9 Å². The monoisotopic (exact) mass is 1010 g/mol. The summed E-state index contributed by atoms with van der Waals surface area (Å²) in [6, 6.07) is 0. The predicted octanol–water partition coefficient (Wildman–Crippen LogP) is -5.71. The predicted molar refractivity (Wildman–Crippen MR) is 230 cm³/mol. The molecule has 4 saturated heterocycles. The van der Waals surface area contributed by atoms with Crippen LogP contribution in [0.4, 0.5) is 0 Å². The molecule has 1 spiro atoms. The van der Waals surface area contributed by atoms with Crippen molar-refractivity contribution in [1.29, 1.82) is 0 Å². The number of esters is 1. The summed E-state index contributed by atoms with van der Waals surface area (Å²) in [5, 5.41) is 161. The van der Waals surface area contributed by atoms with Gasteiger partial charge in [-0.25, -0.2) is 0 Å². The Balaban J connectivity index is 1.17. The second-order valence-corrected chi connectivity index (χ2v) is 21.5. The molecule has 402 valence electrons. The lowest BCUT2D eigenvalue weighted by Crippen LogP contribution is -2.68. The van der Waals surface area contributed by atoms with Crippen molar-refractivity contribution in [3.63, 3.8) is 0 Å². The van der Waals surface area contributed by atoms with Crippen molar-refractivity contribution < 1.29 is 119 Å². The lowest BCUT2D eigenvalue weighted by atomic mass is 9.37. The molecule has 4 aliphatic heterocycles. The largest absolute Gasteiger partial charge is 0.432 e. The van der Waals surface area contributed by atoms with Crippen LogP contribution in [0.3, 0.4) is 0 Å². The Morgan fingerprint density at radius 1 is 0.571 bits per heavy atom. The molecule has 8 rings (SSSR count). The van der Waals surface area contributed by atoms with Gasteiger partial charge in [0.1, 0.15) is 104 Å². The summed E-state index contributed by atoms with van der Waals surface area (Å²) in [7, 11) is 1.52. The highest BCUT2D eigenvalue weighted by molar-refractivity contribution is 5.77. The van der Waals surface area contributed by atoms with Crippen molar-refractivity contribution in [1.82, 2.24) is 0 Å². The van der Waals surface area contributed by atoms with Crippen LogP contribution in [0, 0.1) is 28.1 Å². The fourth-order valence-electron chi connectivity index (χ4n) is 14.3. The van der Waals surface area contributed by atoms with Crippen LogP contribution in [0.5, 0.6) is 0 Å². The quantitative estimate of drug-likeness (QED) is 0.0604. The van der Waals surface area contributed by atoms with Crippen LogP contribution in [0.1, 0.15) is 71.6 Å². The van der Waals surface area contributed by atoms with Gasteiger partial charge in [0, 0.05) is 7.11 Å². The number of ether oxygens (including phenoxy) is 8. The molecule has 4 aliphatic carbocycles. The van der Waals surface area contributed by atoms with Crippen LogP contribution >= 0.6 is 0 Å². The van der Waals surface area contributed by atoms with Gasteiger partial charge in [-0.15, -0.1) is 0 Å². The Bertz CT molecular complexity index is 1860. The number of hydrogen-bond acceptors (Lipinski definition) is 24. The zero-order valence-electron chi connectivity index (χ0n) is 39.5. The van der Waals surface area contributed by atoms with Crippen molar-refractivity contribution in [3.8, 4) is 0 Å². The fourth-order valence-corrected chi connectivity index (χ4v) is 14.3. The van der Waals surface area contributed by atoms with Crippen LogP contribution in [0.2, 0.25) is 0 Å². The number of carbonyl (C=O) groups excluding carboxylic acids is 1. The number of fused-ring (bicyclic) bond motifs is 3. The third-order valence-electron chi connectivity index (χ3n) is 17.9. The molecule has 4 heterocycles. The van der Waals surface area contributed by atoms with E-state index in [2.05, 4.69) is 6.92 Å². The number of aliphatic hydroxyl groups is 15. The molecule has 70 heavy (non-hydrogen) atoms. The van der Waals surface area contributed by atoms with Crippen molar-refractivity contribution in [2.24, 2.45) is 28.1 Å². The number of rotatable bonds is 13. The van der Waals surface area contributed by atoms with Gasteiger partial charge in [-0.1, -0.05) is 13.3 Å². The van der Waals surface area contributed by atoms with Gasteiger partial charge in [-0.05, 0) is 92.1 Å². The van der Waals surface area contributed by atoms with Crippen LogP contribution in [-0.4, -0.2) is 251 Å². The Labute approximate surface area is 403 Å². The maximum atomic E-state index is 14.5. The number of aliphatic hydroxyl groups excluding tert-OH is 15. The molecule has 3 saturated carbocycles. The highest BCUT2D eigenvalue weighted by Crippen LogP contribution is 2.72. The second-order valence-electron chi connectivity index (χ2n) is 21.5. The molecule has 20 unspecified atom stereocenters. The molecule has 0 aromatic heterocycles. The summed E-state index contributed by atoms with van der Waals surface area (Å²) in [5.41, 5.74) is -2.73. The van der Waals surface area contributed by atoms with E-state index >= 15 is 0 Å². The van der Waals surface area contributed by atoms with E-state index in [0.29, 0.717) is 62.5 Å². The maximum absolute atomic E-state index is 14.5. The molecular formula is C46H74O24. The molecule has 0 aromatic rings. The summed E-state index contributed by atoms with van der Waals surface area (Å²) in [5.74, 6) is -1.13. The minimum atomic E-state index is -1.99. The van der Waals surface area contributed by atoms with E-state index in [1.165, 1.54) is 7.11 Å². The van der Waals surface area contributed by atoms with Crippen LogP contribution in [0.15, 0.2) is 11.1 Å². The maximum Gasteiger partial charge on any atom is 0.314 e. The number of carbonyl (C=O) groups is 1. The summed E-state index contributed by atoms with van der Waals surface area (Å²) >= 11 is 0. The van der Waals surface area contributed by atoms with Gasteiger partial charge in [-0.2, -0.15) is 0 Å². The number of methoxy groups -OCH3 is 1. The minimum absolute atomic E-state index is 0.147. The van der Waals surface area contributed by atoms with Gasteiger partial charge >= 0.3 is 5.97 Å². The smallest absolute Gasteiger partial charge is 0.314 e. The van der Waals surface area contributed by atoms with E-state index in [0.717, 1.165) is 0 Å². The van der Waals surface area contributed by atoms with Gasteiger partial charge < -0.3 is 114 Å². The highest BCUT2D eigenvalue weighted by atomic mass is 16.8. The van der Waals surface area contributed by atoms with Gasteiger partial charge in [0.05, 0.1) is 44.1 Å². The van der Waals surface area contributed by atoms with E-state index in [1.807, 2.05) is 6.92 Å². The lowest BCUT2D eigenvalue weighted by Gasteiger charge is -2.68. The molecule has 0 radical (unpaired) electrons. The first-order valence-electron chi connectivity index (χ1n) is 24.4. The summed E-state index contributed by atoms with van der Waals surface area (Å²) in [6.07, 6.45) is -30.4. The third kappa shape index (κ3) is 8.90. The van der Waals surface area contributed by atoms with Gasteiger partial charge in [0.15, 0.2) is 12.6 Å². The minimum Gasteiger partial charge on any atom is -0.432 e. The van der Waals surface area contributed by atoms with Gasteiger partial charge in [0.25, 0.3) is 0 Å². The molecular weight excluding hydrogens is 936 g/mol. The normalized spacial score (nSPS) is 52.9. The zero-order chi connectivity index (χ0) is 51.0. The zero-order valence-corrected chi connectivity index (χ0v) is 39.5. The van der Waals surface area contributed by atoms with Crippen molar-refractivity contribution in [2.75, 3.05) is 40.1 Å². The van der Waals surface area contributed by atoms with Crippen LogP contribution in [-0.2, 0) is 42.7 Å². The molecule has 0 aromatic carbocycles. The van der Waals surface area contributed by atoms with E-state index < -0.39 is 183 Å². The SMILES string of the molecule is CO[C@]12CC[C@@H]3[C@](CC[C@H]4[C@@]3(C)CCC[C@@]4(C)C(=O)OC3OC(CO)C(O)C(O)C3O)(CC(C3OC(CO)C(O)C(OC4OC(CO)C(O)C(O)C4O)C3OC3OC(CO)C(O)C(O)C3O)=C1CO)C2. The molecule has 15 N–H and O–H groups in total. The molecule has 26 atom stereocenters. The summed E-state index contributed by atoms with van der Waals surface area (Å²) in [4.78, 5) is 14.5. The first-order chi connectivity index (χ1) is 33.1. The van der Waals surface area contributed by atoms with Gasteiger partial charge in [-0.3, -0.25) is 4.79 Å². The Kier molecular flexibility index (Phi) is 16.2. The topological polar surface area (TPSA) is 394 Å². The van der Waals surface area contributed by atoms with Gasteiger partial charge in [0.2, 0.25) is 6.29 Å². The Morgan fingerprint density at radius 3 is 1.57 bits per heavy atom. The molecule has 0 amide bonds. The fraction of sp³-hybridized carbons (Fsp3) is 0.935. The first-order valence-corrected chi connectivity index (χ1v) is 24.4. The standard InChI is InChI=1S/C46H74O24/c1-43-7-4-8-44(2,42(62)70-41-35(61)32(58)28(54)22(15-50)67-41)24(43)5-9-45-11-18(19(12-47)46(17-45,63-3)10-6-25(43)45)36-38(69-40-34(60)31(57)27(53)21(14-49)66-40)37(29(55)23(16-51)64-36)68-39-33(59)30(56)26(52)20(13-48)65-39/h20-41,47-61H,4-17H2,1-3H3/t20?,21?,22?,23?,24-,25-,26?,27?,28?,29?,30?,31?,32?,33?,34?,35?,36?,37?,38?,39?,40?,41?,43+,44+,45+,46-/m0/s1. The average Bonchev–Trinajstić information content (AvgIpc) is 3.34. The van der Waals surface area contributed by atoms with Crippen molar-refractivity contribution in [2.45, 2.75) is 200 Å². The van der Waals surface area contributed by atoms with Crippen molar-refractivity contribution in [3.05, 3.63) is 11.1 Å². The highest BCUT2D eigenvalue weighted by Gasteiger charge is 2.69. The molecule has 24 nitrogen and oxygen atoms in total. The second kappa shape index (κ2) is 20.8. The van der Waals surface area contributed by atoms with Crippen molar-refractivity contribution >= 4 is 5.97 Å². The van der Waals surface area contributed by atoms with Crippen LogP contribution < -0.4 is 0 Å². The third-order valence-corrected chi connectivity index (χ3v) is 17.9. The lowest BCUT2D eigenvalue weighted by molar-refractivity contribution is -0.369.